The van der Waals surface area contributed by atoms with E-state index < -0.39 is 19.8 Å². The number of benzene rings is 1. The minimum absolute atomic E-state index is 0.639. The van der Waals surface area contributed by atoms with E-state index in [1.54, 1.807) is 0 Å². The Kier molecular flexibility index (Phi) is 2.67. The fraction of sp³-hybridized carbons (Fsp3) is 0.364. The van der Waals surface area contributed by atoms with Crippen LogP contribution >= 0.6 is 19.8 Å². The average Bonchev–Trinajstić information content (AvgIpc) is 2.16. The number of alkyl halides is 3. The molecule has 0 amide bonds. The van der Waals surface area contributed by atoms with Crippen molar-refractivity contribution in [3.8, 4) is 0 Å². The first-order valence-corrected chi connectivity index (χ1v) is 9.59. The van der Waals surface area contributed by atoms with Crippen molar-refractivity contribution in [1.82, 2.24) is 0 Å². The van der Waals surface area contributed by atoms with Crippen LogP contribution in [0.3, 0.4) is 0 Å². The van der Waals surface area contributed by atoms with Gasteiger partial charge in [0.1, 0.15) is 0 Å². The Morgan fingerprint density at radius 2 is 2.23 bits per heavy atom. The van der Waals surface area contributed by atoms with Gasteiger partial charge < -0.3 is 0 Å². The number of carbonyl (C=O) groups excluding carboxylic acids is 1. The summed E-state index contributed by atoms with van der Waals surface area (Å²) in [4.78, 5) is 13.0. The van der Waals surface area contributed by atoms with E-state index in [1.807, 2.05) is 6.07 Å². The predicted molar refractivity (Wildman–Crippen MR) is 64.0 cm³/mol. The standard InChI is InChI=1S/C11H13IO/c1-12-5-4-10-3-2-9(8-13)6-11(10)7-12/h2-3,6,8H,4-5,7H2,1H3. The van der Waals surface area contributed by atoms with Gasteiger partial charge in [0.25, 0.3) is 0 Å². The predicted octanol–water partition coefficient (Wildman–Crippen LogP) is 2.69. The normalized spacial score (nSPS) is 18.1. The molecule has 0 spiro atoms. The summed E-state index contributed by atoms with van der Waals surface area (Å²) in [5.74, 6) is 0. The van der Waals surface area contributed by atoms with E-state index in [2.05, 4.69) is 17.1 Å². The third-order valence-electron chi connectivity index (χ3n) is 2.42. The fourth-order valence-corrected chi connectivity index (χ4v) is 5.66. The van der Waals surface area contributed by atoms with Crippen LogP contribution in [-0.4, -0.2) is 15.6 Å². The van der Waals surface area contributed by atoms with Gasteiger partial charge in [0.15, 0.2) is 0 Å². The molecule has 1 aromatic rings. The van der Waals surface area contributed by atoms with Crippen LogP contribution in [0.5, 0.6) is 0 Å². The van der Waals surface area contributed by atoms with Gasteiger partial charge in [-0.3, -0.25) is 0 Å². The topological polar surface area (TPSA) is 17.1 Å². The van der Waals surface area contributed by atoms with Gasteiger partial charge in [0.05, 0.1) is 0 Å². The van der Waals surface area contributed by atoms with Gasteiger partial charge in [-0.1, -0.05) is 0 Å². The zero-order chi connectivity index (χ0) is 9.26. The molecular weight excluding hydrogens is 275 g/mol. The van der Waals surface area contributed by atoms with Crippen molar-refractivity contribution in [1.29, 1.82) is 0 Å². The van der Waals surface area contributed by atoms with Crippen molar-refractivity contribution in [3.05, 3.63) is 34.9 Å². The Morgan fingerprint density at radius 1 is 1.38 bits per heavy atom. The van der Waals surface area contributed by atoms with E-state index in [1.165, 1.54) is 26.4 Å². The van der Waals surface area contributed by atoms with Gasteiger partial charge >= 0.3 is 86.0 Å². The number of hydrogen-bond donors (Lipinski definition) is 0. The summed E-state index contributed by atoms with van der Waals surface area (Å²) in [5, 5.41) is 0. The first-order chi connectivity index (χ1) is 6.29. The maximum absolute atomic E-state index is 10.6. The molecular formula is C11H13IO. The third-order valence-corrected chi connectivity index (χ3v) is 6.93. The molecule has 1 aliphatic rings. The van der Waals surface area contributed by atoms with Crippen LogP contribution in [0.2, 0.25) is 0 Å². The molecule has 1 nitrogen and oxygen atoms in total. The van der Waals surface area contributed by atoms with Crippen LogP contribution in [0.1, 0.15) is 21.5 Å². The molecule has 0 aliphatic carbocycles. The minimum atomic E-state index is -0.639. The second-order valence-electron chi connectivity index (χ2n) is 3.44. The van der Waals surface area contributed by atoms with Crippen LogP contribution in [0.4, 0.5) is 0 Å². The maximum atomic E-state index is 10.6. The van der Waals surface area contributed by atoms with Crippen LogP contribution in [-0.2, 0) is 10.8 Å². The van der Waals surface area contributed by atoms with Gasteiger partial charge in [0, 0.05) is 0 Å². The molecule has 1 heterocycles. The number of halogens is 1. The van der Waals surface area contributed by atoms with Gasteiger partial charge in [-0.05, 0) is 0 Å². The molecule has 0 bridgehead atoms. The Hall–Kier alpha value is -0.380. The summed E-state index contributed by atoms with van der Waals surface area (Å²) in [5.41, 5.74) is 3.76. The summed E-state index contributed by atoms with van der Waals surface area (Å²) < 4.78 is 2.73. The molecule has 2 heteroatoms. The van der Waals surface area contributed by atoms with Crippen molar-refractivity contribution >= 4 is 26.1 Å². The molecule has 0 atom stereocenters. The van der Waals surface area contributed by atoms with E-state index in [-0.39, 0.29) is 0 Å². The number of rotatable bonds is 1. The van der Waals surface area contributed by atoms with Crippen LogP contribution in [0, 0.1) is 0 Å². The quantitative estimate of drug-likeness (QED) is 0.441. The van der Waals surface area contributed by atoms with Crippen molar-refractivity contribution in [2.24, 2.45) is 0 Å². The Balaban J connectivity index is 2.38. The van der Waals surface area contributed by atoms with E-state index in [0.29, 0.717) is 0 Å². The first kappa shape index (κ1) is 9.19. The summed E-state index contributed by atoms with van der Waals surface area (Å²) in [6.07, 6.45) is 2.19. The van der Waals surface area contributed by atoms with Crippen LogP contribution < -0.4 is 0 Å². The van der Waals surface area contributed by atoms with Gasteiger partial charge in [0.2, 0.25) is 0 Å². The first-order valence-electron chi connectivity index (χ1n) is 4.38. The van der Waals surface area contributed by atoms with E-state index in [0.717, 1.165) is 11.8 Å². The van der Waals surface area contributed by atoms with Crippen LogP contribution in [0.25, 0.3) is 0 Å². The van der Waals surface area contributed by atoms with Gasteiger partial charge in [-0.15, -0.1) is 0 Å². The molecule has 0 radical (unpaired) electrons. The van der Waals surface area contributed by atoms with Gasteiger partial charge in [-0.2, -0.15) is 0 Å². The summed E-state index contributed by atoms with van der Waals surface area (Å²) in [6, 6.07) is 6.14. The van der Waals surface area contributed by atoms with E-state index in [9.17, 15) is 4.79 Å². The SMILES string of the molecule is CI1CCc2ccc(C=O)cc2C1. The molecule has 0 N–H and O–H groups in total. The van der Waals surface area contributed by atoms with Gasteiger partial charge in [-0.25, -0.2) is 0 Å². The Morgan fingerprint density at radius 3 is 3.00 bits per heavy atom. The molecule has 13 heavy (non-hydrogen) atoms. The summed E-state index contributed by atoms with van der Waals surface area (Å²) in [7, 11) is 0. The molecule has 0 aromatic heterocycles. The Bertz CT molecular complexity index is 333. The monoisotopic (exact) mass is 288 g/mol. The molecule has 0 saturated heterocycles. The second-order valence-corrected chi connectivity index (χ2v) is 9.41. The number of aldehydes is 1. The number of fused-ring (bicyclic) bond motifs is 1. The molecule has 1 aliphatic heterocycles. The molecule has 2 rings (SSSR count). The number of aryl methyl sites for hydroxylation is 1. The van der Waals surface area contributed by atoms with Crippen LogP contribution in [0.15, 0.2) is 18.2 Å². The molecule has 0 saturated carbocycles. The molecule has 0 fully saturated rings. The average molecular weight is 288 g/mol. The van der Waals surface area contributed by atoms with Crippen molar-refractivity contribution < 1.29 is 4.79 Å². The van der Waals surface area contributed by atoms with Crippen molar-refractivity contribution in [3.63, 3.8) is 0 Å². The second kappa shape index (κ2) is 3.78. The molecule has 0 unspecified atom stereocenters. The van der Waals surface area contributed by atoms with Crippen molar-refractivity contribution in [2.75, 3.05) is 9.36 Å². The molecule has 70 valence electrons. The van der Waals surface area contributed by atoms with Crippen molar-refractivity contribution in [2.45, 2.75) is 10.8 Å². The number of hydrogen-bond acceptors (Lipinski definition) is 1. The zero-order valence-corrected chi connectivity index (χ0v) is 9.87. The summed E-state index contributed by atoms with van der Waals surface area (Å²) in [6.45, 7) is 0. The number of carbonyl (C=O) groups is 1. The third kappa shape index (κ3) is 1.93. The Labute approximate surface area is 85.9 Å². The van der Waals surface area contributed by atoms with E-state index >= 15 is 0 Å². The summed E-state index contributed by atoms with van der Waals surface area (Å²) >= 11 is -0.639. The molecule has 1 aromatic carbocycles. The zero-order valence-electron chi connectivity index (χ0n) is 7.72. The van der Waals surface area contributed by atoms with E-state index in [4.69, 9.17) is 0 Å². The fourth-order valence-electron chi connectivity index (χ4n) is 1.66.